The molecule has 19 heavy (non-hydrogen) atoms. The molecule has 1 aromatic heterocycles. The van der Waals surface area contributed by atoms with Gasteiger partial charge in [0.05, 0.1) is 5.56 Å². The van der Waals surface area contributed by atoms with Crippen LogP contribution in [0.3, 0.4) is 0 Å². The van der Waals surface area contributed by atoms with Crippen LogP contribution in [0.4, 0.5) is 24.8 Å². The molecule has 2 rings (SSSR count). The van der Waals surface area contributed by atoms with Crippen LogP contribution in [0.1, 0.15) is 11.3 Å². The van der Waals surface area contributed by atoms with Gasteiger partial charge in [-0.15, -0.1) is 0 Å². The molecule has 0 spiro atoms. The quantitative estimate of drug-likeness (QED) is 0.905. The molecular weight excluding hydrogens is 257 g/mol. The molecule has 1 heterocycles. The number of benzene rings is 1. The predicted octanol–water partition coefficient (Wildman–Crippen LogP) is 3.11. The number of aromatic nitrogens is 2. The second kappa shape index (κ2) is 4.94. The summed E-state index contributed by atoms with van der Waals surface area (Å²) in [5.41, 5.74) is -0.155. The molecule has 0 aliphatic rings. The zero-order chi connectivity index (χ0) is 13.9. The van der Waals surface area contributed by atoms with Crippen LogP contribution in [-0.4, -0.2) is 9.97 Å². The summed E-state index contributed by atoms with van der Waals surface area (Å²) in [5.74, 6) is 0.152. The van der Waals surface area contributed by atoms with Crippen LogP contribution < -0.4 is 5.32 Å². The maximum absolute atomic E-state index is 12.4. The standard InChI is InChI=1S/C12H7F3N4/c13-12(14,15)8-1-3-9(4-2-8)18-11-17-6-5-10(7-16)19-11/h1-6H,(H,17,18,19). The summed E-state index contributed by atoms with van der Waals surface area (Å²) in [7, 11) is 0. The van der Waals surface area contributed by atoms with E-state index in [4.69, 9.17) is 5.26 Å². The zero-order valence-electron chi connectivity index (χ0n) is 9.44. The van der Waals surface area contributed by atoms with Crippen molar-refractivity contribution in [3.05, 3.63) is 47.8 Å². The first-order valence-electron chi connectivity index (χ1n) is 5.16. The molecule has 0 radical (unpaired) electrons. The van der Waals surface area contributed by atoms with Crippen molar-refractivity contribution >= 4 is 11.6 Å². The lowest BCUT2D eigenvalue weighted by atomic mass is 10.2. The van der Waals surface area contributed by atoms with Crippen LogP contribution in [0.2, 0.25) is 0 Å². The van der Waals surface area contributed by atoms with Gasteiger partial charge in [-0.3, -0.25) is 0 Å². The Morgan fingerprint density at radius 1 is 1.11 bits per heavy atom. The predicted molar refractivity (Wildman–Crippen MR) is 61.5 cm³/mol. The Bertz CT molecular complexity index is 614. The van der Waals surface area contributed by atoms with Gasteiger partial charge in [-0.2, -0.15) is 18.4 Å². The second-order valence-electron chi connectivity index (χ2n) is 3.58. The third kappa shape index (κ3) is 3.19. The van der Waals surface area contributed by atoms with E-state index in [1.807, 2.05) is 6.07 Å². The van der Waals surface area contributed by atoms with Gasteiger partial charge in [0.1, 0.15) is 11.8 Å². The lowest BCUT2D eigenvalue weighted by Crippen LogP contribution is -2.04. The highest BCUT2D eigenvalue weighted by Crippen LogP contribution is 2.30. The summed E-state index contributed by atoms with van der Waals surface area (Å²) in [6.07, 6.45) is -2.98. The van der Waals surface area contributed by atoms with Crippen LogP contribution in [-0.2, 0) is 6.18 Å². The first-order chi connectivity index (χ1) is 8.99. The van der Waals surface area contributed by atoms with Crippen molar-refractivity contribution in [2.75, 3.05) is 5.32 Å². The van der Waals surface area contributed by atoms with Gasteiger partial charge in [-0.1, -0.05) is 0 Å². The summed E-state index contributed by atoms with van der Waals surface area (Å²) in [6.45, 7) is 0. The molecule has 96 valence electrons. The van der Waals surface area contributed by atoms with Crippen molar-refractivity contribution in [1.29, 1.82) is 5.26 Å². The minimum atomic E-state index is -4.37. The van der Waals surface area contributed by atoms with Gasteiger partial charge in [0, 0.05) is 11.9 Å². The molecule has 2 aromatic rings. The second-order valence-corrected chi connectivity index (χ2v) is 3.58. The number of hydrogen-bond donors (Lipinski definition) is 1. The first-order valence-corrected chi connectivity index (χ1v) is 5.16. The number of nitriles is 1. The average Bonchev–Trinajstić information content (AvgIpc) is 2.38. The molecule has 0 saturated carbocycles. The van der Waals surface area contributed by atoms with E-state index in [2.05, 4.69) is 15.3 Å². The number of nitrogens with one attached hydrogen (secondary N) is 1. The molecule has 0 amide bonds. The number of anilines is 2. The van der Waals surface area contributed by atoms with Crippen molar-refractivity contribution in [3.8, 4) is 6.07 Å². The van der Waals surface area contributed by atoms with Gasteiger partial charge < -0.3 is 5.32 Å². The van der Waals surface area contributed by atoms with Crippen molar-refractivity contribution in [2.24, 2.45) is 0 Å². The van der Waals surface area contributed by atoms with E-state index in [0.29, 0.717) is 5.69 Å². The minimum Gasteiger partial charge on any atom is -0.324 e. The van der Waals surface area contributed by atoms with Crippen LogP contribution >= 0.6 is 0 Å². The zero-order valence-corrected chi connectivity index (χ0v) is 9.44. The normalized spacial score (nSPS) is 10.8. The lowest BCUT2D eigenvalue weighted by Gasteiger charge is -2.08. The number of hydrogen-bond acceptors (Lipinski definition) is 4. The summed E-state index contributed by atoms with van der Waals surface area (Å²) in [6, 6.07) is 7.72. The van der Waals surface area contributed by atoms with Crippen LogP contribution in [0.25, 0.3) is 0 Å². The van der Waals surface area contributed by atoms with Crippen molar-refractivity contribution in [2.45, 2.75) is 6.18 Å². The van der Waals surface area contributed by atoms with E-state index in [9.17, 15) is 13.2 Å². The largest absolute Gasteiger partial charge is 0.416 e. The van der Waals surface area contributed by atoms with Gasteiger partial charge in [0.25, 0.3) is 0 Å². The van der Waals surface area contributed by atoms with Crippen molar-refractivity contribution < 1.29 is 13.2 Å². The summed E-state index contributed by atoms with van der Waals surface area (Å²) in [5, 5.41) is 11.4. The first kappa shape index (κ1) is 12.8. The molecule has 1 N–H and O–H groups in total. The van der Waals surface area contributed by atoms with E-state index in [1.165, 1.54) is 24.4 Å². The smallest absolute Gasteiger partial charge is 0.324 e. The number of nitrogens with zero attached hydrogens (tertiary/aromatic N) is 3. The molecule has 0 saturated heterocycles. The minimum absolute atomic E-state index is 0.152. The maximum Gasteiger partial charge on any atom is 0.416 e. The van der Waals surface area contributed by atoms with Crippen LogP contribution in [0.15, 0.2) is 36.5 Å². The fraction of sp³-hybridized carbons (Fsp3) is 0.0833. The Hall–Kier alpha value is -2.62. The van der Waals surface area contributed by atoms with Gasteiger partial charge in [0.2, 0.25) is 5.95 Å². The van der Waals surface area contributed by atoms with E-state index in [0.717, 1.165) is 12.1 Å². The van der Waals surface area contributed by atoms with Crippen molar-refractivity contribution in [3.63, 3.8) is 0 Å². The highest BCUT2D eigenvalue weighted by atomic mass is 19.4. The molecular formula is C12H7F3N4. The molecule has 0 unspecified atom stereocenters. The third-order valence-corrected chi connectivity index (χ3v) is 2.24. The highest BCUT2D eigenvalue weighted by Gasteiger charge is 2.29. The monoisotopic (exact) mass is 264 g/mol. The molecule has 1 aromatic carbocycles. The molecule has 7 heteroatoms. The van der Waals surface area contributed by atoms with Gasteiger partial charge in [-0.05, 0) is 30.3 Å². The average molecular weight is 264 g/mol. The Kier molecular flexibility index (Phi) is 3.33. The van der Waals surface area contributed by atoms with Crippen LogP contribution in [0.5, 0.6) is 0 Å². The number of alkyl halides is 3. The molecule has 0 bridgehead atoms. The fourth-order valence-electron chi connectivity index (χ4n) is 1.35. The van der Waals surface area contributed by atoms with Gasteiger partial charge in [0.15, 0.2) is 0 Å². The SMILES string of the molecule is N#Cc1ccnc(Nc2ccc(C(F)(F)F)cc2)n1. The van der Waals surface area contributed by atoms with E-state index in [1.54, 1.807) is 0 Å². The number of rotatable bonds is 2. The Labute approximate surface area is 106 Å². The van der Waals surface area contributed by atoms with E-state index in [-0.39, 0.29) is 11.6 Å². The van der Waals surface area contributed by atoms with Crippen LogP contribution in [0, 0.1) is 11.3 Å². The van der Waals surface area contributed by atoms with Gasteiger partial charge in [-0.25, -0.2) is 9.97 Å². The van der Waals surface area contributed by atoms with E-state index >= 15 is 0 Å². The summed E-state index contributed by atoms with van der Waals surface area (Å²) in [4.78, 5) is 7.71. The molecule has 0 atom stereocenters. The molecule has 0 fully saturated rings. The molecule has 4 nitrogen and oxygen atoms in total. The Morgan fingerprint density at radius 3 is 2.37 bits per heavy atom. The molecule has 0 aliphatic heterocycles. The Balaban J connectivity index is 2.18. The maximum atomic E-state index is 12.4. The van der Waals surface area contributed by atoms with Gasteiger partial charge >= 0.3 is 6.18 Å². The molecule has 0 aliphatic carbocycles. The van der Waals surface area contributed by atoms with Crippen molar-refractivity contribution in [1.82, 2.24) is 9.97 Å². The van der Waals surface area contributed by atoms with E-state index < -0.39 is 11.7 Å². The number of halogens is 3. The topological polar surface area (TPSA) is 61.6 Å². The summed E-state index contributed by atoms with van der Waals surface area (Å²) < 4.78 is 37.1. The third-order valence-electron chi connectivity index (χ3n) is 2.24. The highest BCUT2D eigenvalue weighted by molar-refractivity contribution is 5.54. The lowest BCUT2D eigenvalue weighted by molar-refractivity contribution is -0.137. The Morgan fingerprint density at radius 2 is 1.79 bits per heavy atom. The fourth-order valence-corrected chi connectivity index (χ4v) is 1.35. The summed E-state index contributed by atoms with van der Waals surface area (Å²) >= 11 is 0.